The summed E-state index contributed by atoms with van der Waals surface area (Å²) in [5.41, 5.74) is 0.228. The zero-order chi connectivity index (χ0) is 21.9. The van der Waals surface area contributed by atoms with Gasteiger partial charge in [-0.1, -0.05) is 17.7 Å². The average Bonchev–Trinajstić information content (AvgIpc) is 2.73. The van der Waals surface area contributed by atoms with Crippen LogP contribution in [0, 0.1) is 10.1 Å². The van der Waals surface area contributed by atoms with Gasteiger partial charge >= 0.3 is 0 Å². The van der Waals surface area contributed by atoms with Gasteiger partial charge < -0.3 is 5.32 Å². The molecule has 30 heavy (non-hydrogen) atoms. The summed E-state index contributed by atoms with van der Waals surface area (Å²) in [6.45, 7) is 2.99. The topological polar surface area (TPSA) is 113 Å². The number of rotatable bonds is 6. The van der Waals surface area contributed by atoms with Gasteiger partial charge in [-0.15, -0.1) is 0 Å². The molecule has 11 heteroatoms. The summed E-state index contributed by atoms with van der Waals surface area (Å²) in [4.78, 5) is 25.0. The molecule has 2 aromatic carbocycles. The summed E-state index contributed by atoms with van der Waals surface area (Å²) in [5.74, 6) is -0.315. The van der Waals surface area contributed by atoms with E-state index in [9.17, 15) is 23.3 Å². The minimum Gasteiger partial charge on any atom is -0.324 e. The van der Waals surface area contributed by atoms with Gasteiger partial charge in [-0.3, -0.25) is 19.8 Å². The number of nitrogens with zero attached hydrogens (tertiary/aromatic N) is 3. The van der Waals surface area contributed by atoms with E-state index in [2.05, 4.69) is 5.32 Å². The Morgan fingerprint density at radius 3 is 2.37 bits per heavy atom. The molecule has 2 aromatic rings. The van der Waals surface area contributed by atoms with Crippen LogP contribution >= 0.6 is 11.6 Å². The van der Waals surface area contributed by atoms with E-state index in [-0.39, 0.29) is 29.6 Å². The van der Waals surface area contributed by atoms with Crippen molar-refractivity contribution >= 4 is 38.9 Å². The molecule has 0 unspecified atom stereocenters. The van der Waals surface area contributed by atoms with Crippen LogP contribution in [0.15, 0.2) is 53.4 Å². The van der Waals surface area contributed by atoms with Crippen molar-refractivity contribution in [3.63, 3.8) is 0 Å². The molecule has 1 N–H and O–H groups in total. The van der Waals surface area contributed by atoms with E-state index in [1.54, 1.807) is 13.0 Å². The van der Waals surface area contributed by atoms with Gasteiger partial charge in [-0.2, -0.15) is 4.31 Å². The fourth-order valence-corrected chi connectivity index (χ4v) is 4.74. The molecule has 9 nitrogen and oxygen atoms in total. The summed E-state index contributed by atoms with van der Waals surface area (Å²) < 4.78 is 26.9. The molecule has 1 saturated heterocycles. The second-order valence-electron chi connectivity index (χ2n) is 6.87. The molecule has 1 atom stereocenters. The van der Waals surface area contributed by atoms with Crippen molar-refractivity contribution in [1.29, 1.82) is 0 Å². The van der Waals surface area contributed by atoms with Crippen molar-refractivity contribution in [1.82, 2.24) is 9.21 Å². The minimum absolute atomic E-state index is 0.110. The molecular formula is C19H21ClN4O5S. The Hall–Kier alpha value is -2.53. The first-order valence-electron chi connectivity index (χ1n) is 9.23. The predicted molar refractivity (Wildman–Crippen MR) is 113 cm³/mol. The number of piperazine rings is 1. The summed E-state index contributed by atoms with van der Waals surface area (Å²) in [6, 6.07) is 11.2. The predicted octanol–water partition coefficient (Wildman–Crippen LogP) is 2.58. The van der Waals surface area contributed by atoms with E-state index < -0.39 is 21.0 Å². The first-order chi connectivity index (χ1) is 14.2. The molecule has 1 aliphatic heterocycles. The van der Waals surface area contributed by atoms with E-state index in [4.69, 9.17) is 11.6 Å². The minimum atomic E-state index is -3.63. The third kappa shape index (κ3) is 4.96. The van der Waals surface area contributed by atoms with Crippen LogP contribution in [0.1, 0.15) is 6.92 Å². The molecule has 3 rings (SSSR count). The number of anilines is 1. The molecule has 0 aromatic heterocycles. The number of amides is 1. The van der Waals surface area contributed by atoms with E-state index in [1.165, 1.54) is 46.8 Å². The van der Waals surface area contributed by atoms with Gasteiger partial charge in [0.2, 0.25) is 15.9 Å². The highest BCUT2D eigenvalue weighted by molar-refractivity contribution is 7.89. The van der Waals surface area contributed by atoms with Gasteiger partial charge in [0.1, 0.15) is 0 Å². The Bertz CT molecular complexity index is 1040. The lowest BCUT2D eigenvalue weighted by Gasteiger charge is -2.36. The van der Waals surface area contributed by atoms with Crippen LogP contribution in [0.5, 0.6) is 0 Å². The Balaban J connectivity index is 1.60. The molecule has 1 aliphatic rings. The SMILES string of the molecule is C[C@@H](C(=O)Nc1cccc([N+](=O)[O-])c1)N1CCN(S(=O)(=O)c2ccc(Cl)cc2)CC1. The number of halogens is 1. The molecule has 0 aliphatic carbocycles. The van der Waals surface area contributed by atoms with E-state index >= 15 is 0 Å². The van der Waals surface area contributed by atoms with Gasteiger partial charge in [0.25, 0.3) is 5.69 Å². The molecule has 1 heterocycles. The monoisotopic (exact) mass is 452 g/mol. The lowest BCUT2D eigenvalue weighted by atomic mass is 10.2. The van der Waals surface area contributed by atoms with Crippen molar-refractivity contribution < 1.29 is 18.1 Å². The fourth-order valence-electron chi connectivity index (χ4n) is 3.20. The highest BCUT2D eigenvalue weighted by atomic mass is 35.5. The van der Waals surface area contributed by atoms with Gasteiger partial charge in [0, 0.05) is 49.0 Å². The lowest BCUT2D eigenvalue weighted by Crippen LogP contribution is -2.53. The highest BCUT2D eigenvalue weighted by Gasteiger charge is 2.31. The Morgan fingerprint density at radius 2 is 1.77 bits per heavy atom. The first kappa shape index (κ1) is 22.2. The van der Waals surface area contributed by atoms with Gasteiger partial charge in [0.15, 0.2) is 0 Å². The van der Waals surface area contributed by atoms with Crippen LogP contribution in [-0.2, 0) is 14.8 Å². The molecule has 1 amide bonds. The highest BCUT2D eigenvalue weighted by Crippen LogP contribution is 2.21. The van der Waals surface area contributed by atoms with E-state index in [0.29, 0.717) is 23.8 Å². The second-order valence-corrected chi connectivity index (χ2v) is 9.24. The third-order valence-corrected chi connectivity index (χ3v) is 7.14. The maximum absolute atomic E-state index is 12.8. The second kappa shape index (κ2) is 9.09. The number of non-ortho nitro benzene ring substituents is 1. The van der Waals surface area contributed by atoms with Crippen molar-refractivity contribution in [2.45, 2.75) is 17.9 Å². The number of carbonyl (C=O) groups is 1. The summed E-state index contributed by atoms with van der Waals surface area (Å²) in [5, 5.41) is 14.0. The number of hydrogen-bond donors (Lipinski definition) is 1. The molecule has 0 bridgehead atoms. The standard InChI is InChI=1S/C19H21ClN4O5S/c1-14(19(25)21-16-3-2-4-17(13-16)24(26)27)22-9-11-23(12-10-22)30(28,29)18-7-5-15(20)6-8-18/h2-8,13-14H,9-12H2,1H3,(H,21,25)/t14-/m0/s1. The first-order valence-corrected chi connectivity index (χ1v) is 11.1. The van der Waals surface area contributed by atoms with Crippen molar-refractivity contribution in [3.05, 3.63) is 63.7 Å². The van der Waals surface area contributed by atoms with Crippen LogP contribution < -0.4 is 5.32 Å². The quantitative estimate of drug-likeness (QED) is 0.532. The number of benzene rings is 2. The maximum atomic E-state index is 12.8. The molecule has 1 fully saturated rings. The summed E-state index contributed by atoms with van der Waals surface area (Å²) in [6.07, 6.45) is 0. The van der Waals surface area contributed by atoms with Crippen LogP contribution in [0.25, 0.3) is 0 Å². The molecular weight excluding hydrogens is 432 g/mol. The van der Waals surface area contributed by atoms with Crippen molar-refractivity contribution in [3.8, 4) is 0 Å². The van der Waals surface area contributed by atoms with Crippen LogP contribution in [0.4, 0.5) is 11.4 Å². The largest absolute Gasteiger partial charge is 0.324 e. The van der Waals surface area contributed by atoms with Crippen LogP contribution in [-0.4, -0.2) is 60.7 Å². The van der Waals surface area contributed by atoms with Crippen LogP contribution in [0.3, 0.4) is 0 Å². The van der Waals surface area contributed by atoms with E-state index in [1.807, 2.05) is 4.90 Å². The van der Waals surface area contributed by atoms with Gasteiger partial charge in [-0.05, 0) is 37.3 Å². The summed E-state index contributed by atoms with van der Waals surface area (Å²) >= 11 is 5.83. The van der Waals surface area contributed by atoms with E-state index in [0.717, 1.165) is 0 Å². The zero-order valence-corrected chi connectivity index (χ0v) is 17.8. The number of sulfonamides is 1. The molecule has 0 radical (unpaired) electrons. The number of nitrogens with one attached hydrogen (secondary N) is 1. The fraction of sp³-hybridized carbons (Fsp3) is 0.316. The molecule has 160 valence electrons. The van der Waals surface area contributed by atoms with Gasteiger partial charge in [0.05, 0.1) is 15.9 Å². The molecule has 0 saturated carbocycles. The Morgan fingerprint density at radius 1 is 1.13 bits per heavy atom. The Kier molecular flexibility index (Phi) is 6.71. The number of nitro benzene ring substituents is 1. The summed E-state index contributed by atoms with van der Waals surface area (Å²) in [7, 11) is -3.63. The van der Waals surface area contributed by atoms with Crippen LogP contribution in [0.2, 0.25) is 5.02 Å². The number of nitro groups is 1. The lowest BCUT2D eigenvalue weighted by molar-refractivity contribution is -0.384. The number of hydrogen-bond acceptors (Lipinski definition) is 6. The number of carbonyl (C=O) groups excluding carboxylic acids is 1. The third-order valence-electron chi connectivity index (χ3n) is 4.98. The average molecular weight is 453 g/mol. The van der Waals surface area contributed by atoms with Gasteiger partial charge in [-0.25, -0.2) is 8.42 Å². The maximum Gasteiger partial charge on any atom is 0.271 e. The zero-order valence-electron chi connectivity index (χ0n) is 16.2. The van der Waals surface area contributed by atoms with Crippen molar-refractivity contribution in [2.75, 3.05) is 31.5 Å². The van der Waals surface area contributed by atoms with Crippen molar-refractivity contribution in [2.24, 2.45) is 0 Å². The smallest absolute Gasteiger partial charge is 0.271 e. The normalized spacial score (nSPS) is 16.7. The Labute approximate surface area is 179 Å². The molecule has 0 spiro atoms.